The second-order valence-corrected chi connectivity index (χ2v) is 6.15. The second-order valence-electron chi connectivity index (χ2n) is 6.15. The number of hydrogen-bond acceptors (Lipinski definition) is 5. The summed E-state index contributed by atoms with van der Waals surface area (Å²) >= 11 is 0. The van der Waals surface area contributed by atoms with E-state index in [2.05, 4.69) is 5.32 Å². The minimum atomic E-state index is -1.09. The zero-order valence-electron chi connectivity index (χ0n) is 11.9. The zero-order chi connectivity index (χ0) is 14.9. The molecule has 2 fully saturated rings. The molecule has 0 unspecified atom stereocenters. The number of rotatable bonds is 3. The molecule has 7 nitrogen and oxygen atoms in total. The monoisotopic (exact) mass is 287 g/mol. The molecule has 0 bridgehead atoms. The maximum Gasteiger partial charge on any atom is 0.408 e. The number of carbonyl (C=O) groups excluding carboxylic acids is 1. The first kappa shape index (κ1) is 15.1. The third kappa shape index (κ3) is 3.40. The first-order valence-electron chi connectivity index (χ1n) is 6.73. The highest BCUT2D eigenvalue weighted by molar-refractivity contribution is 5.80. The molecule has 114 valence electrons. The summed E-state index contributed by atoms with van der Waals surface area (Å²) in [5, 5.41) is 11.8. The van der Waals surface area contributed by atoms with Gasteiger partial charge in [-0.25, -0.2) is 9.59 Å². The van der Waals surface area contributed by atoms with Gasteiger partial charge in [-0.05, 0) is 27.2 Å². The number of hydrogen-bond donors (Lipinski definition) is 2. The van der Waals surface area contributed by atoms with Crippen LogP contribution in [0.4, 0.5) is 4.79 Å². The lowest BCUT2D eigenvalue weighted by atomic mass is 9.87. The average molecular weight is 287 g/mol. The fraction of sp³-hybridized carbons (Fsp3) is 0.846. The molecule has 4 atom stereocenters. The van der Waals surface area contributed by atoms with Crippen molar-refractivity contribution in [3.05, 3.63) is 0 Å². The van der Waals surface area contributed by atoms with Crippen LogP contribution in [0.15, 0.2) is 0 Å². The smallest absolute Gasteiger partial charge is 0.408 e. The van der Waals surface area contributed by atoms with Crippen LogP contribution in [-0.4, -0.2) is 48.3 Å². The van der Waals surface area contributed by atoms with Gasteiger partial charge in [0.1, 0.15) is 11.6 Å². The van der Waals surface area contributed by atoms with Crippen LogP contribution in [0.2, 0.25) is 0 Å². The largest absolute Gasteiger partial charge is 0.480 e. The van der Waals surface area contributed by atoms with Crippen LogP contribution in [0.5, 0.6) is 0 Å². The molecule has 0 spiro atoms. The van der Waals surface area contributed by atoms with Gasteiger partial charge in [0.2, 0.25) is 0 Å². The molecule has 0 aromatic rings. The summed E-state index contributed by atoms with van der Waals surface area (Å²) < 4.78 is 15.9. The van der Waals surface area contributed by atoms with E-state index in [4.69, 9.17) is 14.2 Å². The molecular formula is C13H21NO6. The van der Waals surface area contributed by atoms with Gasteiger partial charge >= 0.3 is 12.1 Å². The summed E-state index contributed by atoms with van der Waals surface area (Å²) in [6, 6.07) is -1.03. The van der Waals surface area contributed by atoms with Crippen LogP contribution in [-0.2, 0) is 19.0 Å². The summed E-state index contributed by atoms with van der Waals surface area (Å²) in [7, 11) is 0. The Kier molecular flexibility index (Phi) is 4.19. The van der Waals surface area contributed by atoms with Crippen molar-refractivity contribution in [3.8, 4) is 0 Å². The Morgan fingerprint density at radius 2 is 2.05 bits per heavy atom. The van der Waals surface area contributed by atoms with Crippen molar-refractivity contribution in [1.29, 1.82) is 0 Å². The van der Waals surface area contributed by atoms with Gasteiger partial charge in [-0.3, -0.25) is 0 Å². The Balaban J connectivity index is 2.01. The SMILES string of the molecule is CC(C)(C)OC(=O)N[C@H](C(=O)O)[C@H]1CO[C@H]2OCC[C@H]21. The molecule has 2 aliphatic heterocycles. The van der Waals surface area contributed by atoms with Crippen LogP contribution in [0.25, 0.3) is 0 Å². The van der Waals surface area contributed by atoms with Crippen molar-refractivity contribution in [1.82, 2.24) is 5.32 Å². The lowest BCUT2D eigenvalue weighted by Crippen LogP contribution is -2.49. The van der Waals surface area contributed by atoms with E-state index in [1.807, 2.05) is 0 Å². The third-order valence-electron chi connectivity index (χ3n) is 3.45. The van der Waals surface area contributed by atoms with E-state index < -0.39 is 23.7 Å². The van der Waals surface area contributed by atoms with E-state index in [1.54, 1.807) is 20.8 Å². The van der Waals surface area contributed by atoms with E-state index in [1.165, 1.54) is 0 Å². The third-order valence-corrected chi connectivity index (χ3v) is 3.45. The van der Waals surface area contributed by atoms with Crippen molar-refractivity contribution in [2.75, 3.05) is 13.2 Å². The molecule has 2 heterocycles. The summed E-state index contributed by atoms with van der Waals surface area (Å²) in [6.07, 6.45) is -0.329. The Hall–Kier alpha value is -1.34. The molecule has 0 aromatic heterocycles. The topological polar surface area (TPSA) is 94.1 Å². The maximum absolute atomic E-state index is 11.8. The molecule has 7 heteroatoms. The van der Waals surface area contributed by atoms with Crippen molar-refractivity contribution in [2.45, 2.75) is 45.1 Å². The predicted octanol–water partition coefficient (Wildman–Crippen LogP) is 0.973. The van der Waals surface area contributed by atoms with Gasteiger partial charge in [0.25, 0.3) is 0 Å². The number of amides is 1. The minimum absolute atomic E-state index is 0.00559. The molecule has 0 saturated carbocycles. The quantitative estimate of drug-likeness (QED) is 0.803. The minimum Gasteiger partial charge on any atom is -0.480 e. The normalized spacial score (nSPS) is 30.6. The summed E-state index contributed by atoms with van der Waals surface area (Å²) in [4.78, 5) is 23.2. The second kappa shape index (κ2) is 5.57. The Bertz CT molecular complexity index is 391. The molecule has 1 amide bonds. The highest BCUT2D eigenvalue weighted by Crippen LogP contribution is 2.37. The van der Waals surface area contributed by atoms with Gasteiger partial charge in [-0.2, -0.15) is 0 Å². The number of carboxylic acid groups (broad SMARTS) is 1. The standard InChI is InChI=1S/C13H21NO6/c1-13(2,3)20-12(17)14-9(10(15)16)8-6-19-11-7(8)4-5-18-11/h7-9,11H,4-6H2,1-3H3,(H,14,17)(H,15,16)/t7-,8-,9-,11+/m0/s1. The summed E-state index contributed by atoms with van der Waals surface area (Å²) in [5.41, 5.74) is -0.668. The highest BCUT2D eigenvalue weighted by atomic mass is 16.7. The maximum atomic E-state index is 11.8. The van der Waals surface area contributed by atoms with Crippen molar-refractivity contribution < 1.29 is 28.9 Å². The first-order valence-corrected chi connectivity index (χ1v) is 6.73. The van der Waals surface area contributed by atoms with Crippen LogP contribution in [0, 0.1) is 11.8 Å². The van der Waals surface area contributed by atoms with Gasteiger partial charge < -0.3 is 24.6 Å². The molecular weight excluding hydrogens is 266 g/mol. The van der Waals surface area contributed by atoms with Crippen LogP contribution in [0.1, 0.15) is 27.2 Å². The molecule has 2 N–H and O–H groups in total. The van der Waals surface area contributed by atoms with Crippen molar-refractivity contribution in [2.24, 2.45) is 11.8 Å². The van der Waals surface area contributed by atoms with E-state index in [0.717, 1.165) is 6.42 Å². The van der Waals surface area contributed by atoms with Crippen LogP contribution >= 0.6 is 0 Å². The predicted molar refractivity (Wildman–Crippen MR) is 68.1 cm³/mol. The molecule has 2 aliphatic rings. The van der Waals surface area contributed by atoms with Crippen LogP contribution in [0.3, 0.4) is 0 Å². The summed E-state index contributed by atoms with van der Waals surface area (Å²) in [6.45, 7) is 6.00. The molecule has 0 aromatic carbocycles. The average Bonchev–Trinajstić information content (AvgIpc) is 2.84. The Morgan fingerprint density at radius 3 is 2.65 bits per heavy atom. The molecule has 0 radical (unpaired) electrons. The van der Waals surface area contributed by atoms with Crippen molar-refractivity contribution >= 4 is 12.1 Å². The Labute approximate surface area is 117 Å². The van der Waals surface area contributed by atoms with E-state index in [0.29, 0.717) is 6.61 Å². The van der Waals surface area contributed by atoms with Crippen molar-refractivity contribution in [3.63, 3.8) is 0 Å². The summed E-state index contributed by atoms with van der Waals surface area (Å²) in [5.74, 6) is -1.38. The van der Waals surface area contributed by atoms with Gasteiger partial charge in [-0.1, -0.05) is 0 Å². The molecule has 2 saturated heterocycles. The van der Waals surface area contributed by atoms with E-state index >= 15 is 0 Å². The number of aliphatic carboxylic acids is 1. The van der Waals surface area contributed by atoms with Gasteiger partial charge in [0, 0.05) is 11.8 Å². The van der Waals surface area contributed by atoms with Crippen LogP contribution < -0.4 is 5.32 Å². The first-order chi connectivity index (χ1) is 9.28. The number of carboxylic acids is 1. The van der Waals surface area contributed by atoms with Gasteiger partial charge in [0.15, 0.2) is 6.29 Å². The number of alkyl carbamates (subject to hydrolysis) is 1. The fourth-order valence-corrected chi connectivity index (χ4v) is 2.63. The molecule has 0 aliphatic carbocycles. The van der Waals surface area contributed by atoms with Gasteiger partial charge in [0.05, 0.1) is 13.2 Å². The molecule has 2 rings (SSSR count). The lowest BCUT2D eigenvalue weighted by Gasteiger charge is -2.26. The molecule has 20 heavy (non-hydrogen) atoms. The van der Waals surface area contributed by atoms with E-state index in [9.17, 15) is 14.7 Å². The Morgan fingerprint density at radius 1 is 1.35 bits per heavy atom. The van der Waals surface area contributed by atoms with E-state index in [-0.39, 0.29) is 24.7 Å². The lowest BCUT2D eigenvalue weighted by molar-refractivity contribution is -0.141. The number of carbonyl (C=O) groups is 2. The fourth-order valence-electron chi connectivity index (χ4n) is 2.63. The number of ether oxygens (including phenoxy) is 3. The number of nitrogens with one attached hydrogen (secondary N) is 1. The van der Waals surface area contributed by atoms with Gasteiger partial charge in [-0.15, -0.1) is 0 Å². The number of fused-ring (bicyclic) bond motifs is 1. The zero-order valence-corrected chi connectivity index (χ0v) is 11.9. The highest BCUT2D eigenvalue weighted by Gasteiger charge is 2.47.